The lowest BCUT2D eigenvalue weighted by atomic mass is 9.67. The lowest BCUT2D eigenvalue weighted by Crippen LogP contribution is -2.48. The van der Waals surface area contributed by atoms with Crippen molar-refractivity contribution in [1.29, 1.82) is 0 Å². The van der Waals surface area contributed by atoms with Gasteiger partial charge in [0.2, 0.25) is 5.91 Å². The number of carbonyl (C=O) groups is 2. The van der Waals surface area contributed by atoms with E-state index in [9.17, 15) is 35.9 Å². The molecule has 0 aliphatic heterocycles. The number of carbonyl (C=O) groups excluding carboxylic acids is 2. The van der Waals surface area contributed by atoms with E-state index in [1.54, 1.807) is 0 Å². The number of alkyl halides is 6. The first-order valence-electron chi connectivity index (χ1n) is 11.5. The molecule has 1 fully saturated rings. The van der Waals surface area contributed by atoms with Gasteiger partial charge in [0.1, 0.15) is 0 Å². The van der Waals surface area contributed by atoms with Crippen molar-refractivity contribution in [1.82, 2.24) is 10.9 Å². The lowest BCUT2D eigenvalue weighted by molar-refractivity contribution is -0.143. The van der Waals surface area contributed by atoms with Gasteiger partial charge in [0.15, 0.2) is 0 Å². The van der Waals surface area contributed by atoms with Crippen LogP contribution in [0.2, 0.25) is 0 Å². The van der Waals surface area contributed by atoms with Crippen molar-refractivity contribution >= 4 is 11.9 Å². The van der Waals surface area contributed by atoms with E-state index in [4.69, 9.17) is 10.5 Å². The van der Waals surface area contributed by atoms with E-state index in [0.717, 1.165) is 5.56 Å². The summed E-state index contributed by atoms with van der Waals surface area (Å²) >= 11 is 0. The molecule has 1 saturated carbocycles. The largest absolute Gasteiger partial charge is 0.416 e. The average molecular weight is 531 g/mol. The smallest absolute Gasteiger partial charge is 0.373 e. The van der Waals surface area contributed by atoms with Crippen LogP contribution in [-0.2, 0) is 27.3 Å². The van der Waals surface area contributed by atoms with Gasteiger partial charge in [0.05, 0.1) is 23.8 Å². The molecule has 12 heteroatoms. The standard InChI is InChI=1S/C25H27F6N3O3/c1-15(17-11-19(24(26,27)28)13-20(12-17)25(29,30)31)37-14-23(18-5-3-2-4-6-18)9-7-16(8-10-23)21(35)33-34-22(32)36/h2-6,11-13,15-16H,7-10,14H2,1H3,(H,33,35)(H3,32,34,36)/t15-,16?,23?/m1/s1. The molecule has 3 amide bonds. The maximum atomic E-state index is 13.3. The Balaban J connectivity index is 1.81. The second-order valence-corrected chi connectivity index (χ2v) is 9.19. The highest BCUT2D eigenvalue weighted by Gasteiger charge is 2.40. The predicted molar refractivity (Wildman–Crippen MR) is 122 cm³/mol. The molecule has 0 saturated heterocycles. The highest BCUT2D eigenvalue weighted by molar-refractivity contribution is 5.82. The van der Waals surface area contributed by atoms with E-state index in [1.807, 2.05) is 35.8 Å². The number of hydrogen-bond donors (Lipinski definition) is 3. The van der Waals surface area contributed by atoms with E-state index < -0.39 is 52.9 Å². The van der Waals surface area contributed by atoms with E-state index in [1.165, 1.54) is 6.92 Å². The number of amides is 3. The molecule has 0 spiro atoms. The van der Waals surface area contributed by atoms with Gasteiger partial charge in [-0.25, -0.2) is 10.2 Å². The van der Waals surface area contributed by atoms with Gasteiger partial charge in [0.25, 0.3) is 0 Å². The first kappa shape index (κ1) is 28.3. The zero-order valence-electron chi connectivity index (χ0n) is 19.9. The number of rotatable bonds is 6. The summed E-state index contributed by atoms with van der Waals surface area (Å²) in [5.41, 5.74) is 6.48. The molecule has 0 bridgehead atoms. The van der Waals surface area contributed by atoms with Crippen LogP contribution in [0.3, 0.4) is 0 Å². The summed E-state index contributed by atoms with van der Waals surface area (Å²) in [6.07, 6.45) is -9.21. The van der Waals surface area contributed by atoms with Gasteiger partial charge in [0, 0.05) is 11.3 Å². The van der Waals surface area contributed by atoms with E-state index >= 15 is 0 Å². The molecule has 2 aromatic rings. The molecule has 0 heterocycles. The first-order valence-corrected chi connectivity index (χ1v) is 11.5. The van der Waals surface area contributed by atoms with Crippen LogP contribution in [0.5, 0.6) is 0 Å². The van der Waals surface area contributed by atoms with Gasteiger partial charge < -0.3 is 10.5 Å². The van der Waals surface area contributed by atoms with Crippen LogP contribution < -0.4 is 16.6 Å². The van der Waals surface area contributed by atoms with Crippen LogP contribution in [-0.4, -0.2) is 18.5 Å². The number of primary amides is 1. The summed E-state index contributed by atoms with van der Waals surface area (Å²) in [5.74, 6) is -0.822. The van der Waals surface area contributed by atoms with Crippen molar-refractivity contribution in [3.8, 4) is 0 Å². The van der Waals surface area contributed by atoms with Gasteiger partial charge in [-0.3, -0.25) is 10.2 Å². The second-order valence-electron chi connectivity index (χ2n) is 9.19. The Labute approximate surface area is 209 Å². The Morgan fingerprint density at radius 3 is 2.00 bits per heavy atom. The Bertz CT molecular complexity index is 1060. The SMILES string of the molecule is C[C@@H](OCC1(c2ccccc2)CCC(C(=O)NNC(N)=O)CC1)c1cc(C(F)(F)F)cc(C(F)(F)F)c1. The van der Waals surface area contributed by atoms with E-state index in [2.05, 4.69) is 5.43 Å². The molecule has 1 aliphatic carbocycles. The van der Waals surface area contributed by atoms with Gasteiger partial charge in [-0.05, 0) is 61.9 Å². The number of nitrogens with one attached hydrogen (secondary N) is 2. The lowest BCUT2D eigenvalue weighted by Gasteiger charge is -2.40. The second kappa shape index (κ2) is 11.0. The third-order valence-corrected chi connectivity index (χ3v) is 6.70. The predicted octanol–water partition coefficient (Wildman–Crippen LogP) is 5.63. The number of urea groups is 1. The molecule has 4 N–H and O–H groups in total. The van der Waals surface area contributed by atoms with Crippen molar-refractivity contribution in [2.24, 2.45) is 11.7 Å². The van der Waals surface area contributed by atoms with Gasteiger partial charge in [-0.15, -0.1) is 0 Å². The van der Waals surface area contributed by atoms with Crippen LogP contribution in [0.25, 0.3) is 0 Å². The minimum atomic E-state index is -4.96. The van der Waals surface area contributed by atoms with Gasteiger partial charge in [-0.2, -0.15) is 26.3 Å². The number of ether oxygens (including phenoxy) is 1. The minimum Gasteiger partial charge on any atom is -0.373 e. The maximum absolute atomic E-state index is 13.3. The highest BCUT2D eigenvalue weighted by Crippen LogP contribution is 2.43. The molecule has 1 atom stereocenters. The van der Waals surface area contributed by atoms with Crippen LogP contribution in [0, 0.1) is 5.92 Å². The molecule has 6 nitrogen and oxygen atoms in total. The highest BCUT2D eigenvalue weighted by atomic mass is 19.4. The van der Waals surface area contributed by atoms with Gasteiger partial charge in [-0.1, -0.05) is 30.3 Å². The number of nitrogens with two attached hydrogens (primary N) is 1. The summed E-state index contributed by atoms with van der Waals surface area (Å²) in [6, 6.07) is 9.71. The summed E-state index contributed by atoms with van der Waals surface area (Å²) in [5, 5.41) is 0. The molecular weight excluding hydrogens is 504 g/mol. The quantitative estimate of drug-likeness (QED) is 0.333. The summed E-state index contributed by atoms with van der Waals surface area (Å²) in [6.45, 7) is 1.42. The number of hydrazine groups is 1. The molecule has 0 aromatic heterocycles. The molecule has 202 valence electrons. The molecule has 0 radical (unpaired) electrons. The van der Waals surface area contributed by atoms with Crippen molar-refractivity contribution in [3.63, 3.8) is 0 Å². The molecule has 0 unspecified atom stereocenters. The molecular formula is C25H27F6N3O3. The monoisotopic (exact) mass is 531 g/mol. The summed E-state index contributed by atoms with van der Waals surface area (Å²) < 4.78 is 85.7. The average Bonchev–Trinajstić information content (AvgIpc) is 2.85. The Hall–Kier alpha value is -3.28. The van der Waals surface area contributed by atoms with Crippen molar-refractivity contribution in [2.75, 3.05) is 6.61 Å². The first-order chi connectivity index (χ1) is 17.2. The molecule has 1 aliphatic rings. The van der Waals surface area contributed by atoms with Crippen molar-refractivity contribution in [2.45, 2.75) is 56.5 Å². The number of halogens is 6. The van der Waals surface area contributed by atoms with E-state index in [0.29, 0.717) is 37.8 Å². The summed E-state index contributed by atoms with van der Waals surface area (Å²) in [4.78, 5) is 23.2. The molecule has 2 aromatic carbocycles. The fourth-order valence-electron chi connectivity index (χ4n) is 4.56. The molecule has 37 heavy (non-hydrogen) atoms. The third-order valence-electron chi connectivity index (χ3n) is 6.70. The third kappa shape index (κ3) is 7.15. The van der Waals surface area contributed by atoms with Crippen LogP contribution in [0.1, 0.15) is 61.0 Å². The Morgan fingerprint density at radius 1 is 0.973 bits per heavy atom. The number of hydrogen-bond acceptors (Lipinski definition) is 3. The maximum Gasteiger partial charge on any atom is 0.416 e. The van der Waals surface area contributed by atoms with Crippen molar-refractivity contribution < 1.29 is 40.7 Å². The van der Waals surface area contributed by atoms with Crippen molar-refractivity contribution in [3.05, 3.63) is 70.8 Å². The van der Waals surface area contributed by atoms with Gasteiger partial charge >= 0.3 is 18.4 Å². The van der Waals surface area contributed by atoms with Crippen LogP contribution in [0.4, 0.5) is 31.1 Å². The normalized spacial score (nSPS) is 21.2. The summed E-state index contributed by atoms with van der Waals surface area (Å²) in [7, 11) is 0. The fourth-order valence-corrected chi connectivity index (χ4v) is 4.56. The Morgan fingerprint density at radius 2 is 1.51 bits per heavy atom. The molecule has 3 rings (SSSR count). The zero-order chi connectivity index (χ0) is 27.4. The topological polar surface area (TPSA) is 93.4 Å². The fraction of sp³-hybridized carbons (Fsp3) is 0.440. The Kier molecular flexibility index (Phi) is 8.41. The number of benzene rings is 2. The minimum absolute atomic E-state index is 0.0175. The van der Waals surface area contributed by atoms with E-state index in [-0.39, 0.29) is 18.2 Å². The zero-order valence-corrected chi connectivity index (χ0v) is 19.9. The van der Waals surface area contributed by atoms with Crippen LogP contribution >= 0.6 is 0 Å². The van der Waals surface area contributed by atoms with Crippen LogP contribution in [0.15, 0.2) is 48.5 Å².